The van der Waals surface area contributed by atoms with Crippen molar-refractivity contribution in [3.05, 3.63) is 30.1 Å². The lowest BCUT2D eigenvalue weighted by atomic mass is 10.4. The maximum atomic E-state index is 8.35. The lowest BCUT2D eigenvalue weighted by molar-refractivity contribution is 0.0997. The number of rotatable bonds is 4. The van der Waals surface area contributed by atoms with Gasteiger partial charge in [0.25, 0.3) is 0 Å². The monoisotopic (exact) mass is 166 g/mol. The van der Waals surface area contributed by atoms with Crippen LogP contribution in [0.5, 0.6) is 0 Å². The molecule has 0 saturated heterocycles. The number of aliphatic hydroxyl groups excluding tert-OH is 1. The maximum Gasteiger partial charge on any atom is 0.140 e. The molecule has 1 heterocycles. The average molecular weight is 166 g/mol. The molecule has 0 amide bonds. The van der Waals surface area contributed by atoms with Crippen molar-refractivity contribution in [1.82, 2.24) is 4.98 Å². The van der Waals surface area contributed by atoms with Crippen molar-refractivity contribution < 1.29 is 9.94 Å². The van der Waals surface area contributed by atoms with E-state index in [-0.39, 0.29) is 13.2 Å². The molecule has 0 aliphatic rings. The van der Waals surface area contributed by atoms with Crippen LogP contribution in [0.1, 0.15) is 5.69 Å². The molecule has 64 valence electrons. The Bertz CT molecular complexity index is 236. The number of aromatic nitrogens is 1. The van der Waals surface area contributed by atoms with E-state index >= 15 is 0 Å². The molecule has 0 aliphatic heterocycles. The van der Waals surface area contributed by atoms with Crippen molar-refractivity contribution in [2.75, 3.05) is 13.2 Å². The second-order valence-electron chi connectivity index (χ2n) is 2.05. The first-order valence-corrected chi connectivity index (χ1v) is 3.60. The maximum absolute atomic E-state index is 8.35. The zero-order chi connectivity index (χ0) is 8.65. The highest BCUT2D eigenvalue weighted by molar-refractivity contribution is 5.76. The largest absolute Gasteiger partial charge is 0.393 e. The van der Waals surface area contributed by atoms with Gasteiger partial charge in [-0.2, -0.15) is 0 Å². The van der Waals surface area contributed by atoms with Gasteiger partial charge in [0.15, 0.2) is 0 Å². The Morgan fingerprint density at radius 2 is 2.50 bits per heavy atom. The average Bonchev–Trinajstić information content (AvgIpc) is 2.14. The van der Waals surface area contributed by atoms with Gasteiger partial charge in [-0.25, -0.2) is 0 Å². The standard InChI is InChI=1S/C8H10N2O2/c11-5-6-12-10-7-8-3-1-2-4-9-8/h1-4,7,11H,5-6H2/b10-7+. The zero-order valence-corrected chi connectivity index (χ0v) is 6.55. The van der Waals surface area contributed by atoms with Crippen molar-refractivity contribution in [1.29, 1.82) is 0 Å². The van der Waals surface area contributed by atoms with E-state index in [9.17, 15) is 0 Å². The van der Waals surface area contributed by atoms with Crippen LogP contribution in [0.25, 0.3) is 0 Å². The van der Waals surface area contributed by atoms with Crippen LogP contribution in [0, 0.1) is 0 Å². The summed E-state index contributed by atoms with van der Waals surface area (Å²) in [4.78, 5) is 8.65. The van der Waals surface area contributed by atoms with Gasteiger partial charge in [-0.05, 0) is 12.1 Å². The SMILES string of the molecule is OCCO/N=C/c1ccccn1. The fraction of sp³-hybridized carbons (Fsp3) is 0.250. The Morgan fingerprint density at radius 3 is 3.17 bits per heavy atom. The fourth-order valence-corrected chi connectivity index (χ4v) is 0.637. The van der Waals surface area contributed by atoms with E-state index in [0.29, 0.717) is 0 Å². The van der Waals surface area contributed by atoms with Gasteiger partial charge in [0.1, 0.15) is 6.61 Å². The third kappa shape index (κ3) is 3.12. The first-order chi connectivity index (χ1) is 5.93. The van der Waals surface area contributed by atoms with Gasteiger partial charge in [-0.1, -0.05) is 11.2 Å². The number of hydrogen-bond acceptors (Lipinski definition) is 4. The molecule has 0 atom stereocenters. The van der Waals surface area contributed by atoms with Crippen LogP contribution in [0.2, 0.25) is 0 Å². The number of pyridine rings is 1. The van der Waals surface area contributed by atoms with Crippen LogP contribution < -0.4 is 0 Å². The smallest absolute Gasteiger partial charge is 0.140 e. The normalized spacial score (nSPS) is 10.4. The molecule has 0 fully saturated rings. The Labute approximate surface area is 70.5 Å². The van der Waals surface area contributed by atoms with Gasteiger partial charge >= 0.3 is 0 Å². The molecule has 1 N–H and O–H groups in total. The van der Waals surface area contributed by atoms with Crippen LogP contribution in [-0.4, -0.2) is 29.5 Å². The van der Waals surface area contributed by atoms with Gasteiger partial charge in [-0.3, -0.25) is 4.98 Å². The van der Waals surface area contributed by atoms with Crippen molar-refractivity contribution in [3.63, 3.8) is 0 Å². The minimum Gasteiger partial charge on any atom is -0.393 e. The molecule has 4 heteroatoms. The predicted molar refractivity (Wildman–Crippen MR) is 44.9 cm³/mol. The van der Waals surface area contributed by atoms with Gasteiger partial charge in [0.05, 0.1) is 18.5 Å². The van der Waals surface area contributed by atoms with E-state index in [1.54, 1.807) is 6.20 Å². The molecule has 0 bridgehead atoms. The van der Waals surface area contributed by atoms with E-state index in [0.717, 1.165) is 5.69 Å². The summed E-state index contributed by atoms with van der Waals surface area (Å²) in [6.07, 6.45) is 3.17. The molecule has 1 aromatic heterocycles. The quantitative estimate of drug-likeness (QED) is 0.401. The summed E-state index contributed by atoms with van der Waals surface area (Å²) in [7, 11) is 0. The molecular weight excluding hydrogens is 156 g/mol. The second kappa shape index (κ2) is 5.26. The molecule has 0 aromatic carbocycles. The van der Waals surface area contributed by atoms with Gasteiger partial charge in [-0.15, -0.1) is 0 Å². The number of nitrogens with zero attached hydrogens (tertiary/aromatic N) is 2. The van der Waals surface area contributed by atoms with E-state index < -0.39 is 0 Å². The summed E-state index contributed by atoms with van der Waals surface area (Å²) in [6.45, 7) is 0.183. The Hall–Kier alpha value is -1.42. The van der Waals surface area contributed by atoms with Crippen molar-refractivity contribution in [3.8, 4) is 0 Å². The summed E-state index contributed by atoms with van der Waals surface area (Å²) >= 11 is 0. The first kappa shape index (κ1) is 8.67. The first-order valence-electron chi connectivity index (χ1n) is 3.60. The highest BCUT2D eigenvalue weighted by Gasteiger charge is 1.84. The summed E-state index contributed by atoms with van der Waals surface area (Å²) in [5, 5.41) is 11.9. The molecule has 0 unspecified atom stereocenters. The van der Waals surface area contributed by atoms with Crippen molar-refractivity contribution >= 4 is 6.21 Å². The van der Waals surface area contributed by atoms with Crippen molar-refractivity contribution in [2.24, 2.45) is 5.16 Å². The number of oxime groups is 1. The third-order valence-corrected chi connectivity index (χ3v) is 1.13. The molecule has 1 aromatic rings. The summed E-state index contributed by atoms with van der Waals surface area (Å²) in [5.74, 6) is 0. The summed E-state index contributed by atoms with van der Waals surface area (Å²) in [5.41, 5.74) is 0.732. The lowest BCUT2D eigenvalue weighted by Gasteiger charge is -1.92. The molecule has 0 saturated carbocycles. The topological polar surface area (TPSA) is 54.7 Å². The van der Waals surface area contributed by atoms with Gasteiger partial charge < -0.3 is 9.94 Å². The molecule has 4 nitrogen and oxygen atoms in total. The molecule has 1 rings (SSSR count). The van der Waals surface area contributed by atoms with Crippen LogP contribution in [0.3, 0.4) is 0 Å². The summed E-state index contributed by atoms with van der Waals surface area (Å²) < 4.78 is 0. The zero-order valence-electron chi connectivity index (χ0n) is 6.55. The number of aliphatic hydroxyl groups is 1. The molecule has 0 spiro atoms. The predicted octanol–water partition coefficient (Wildman–Crippen LogP) is 0.424. The highest BCUT2D eigenvalue weighted by atomic mass is 16.6. The van der Waals surface area contributed by atoms with E-state index in [1.165, 1.54) is 6.21 Å². The van der Waals surface area contributed by atoms with Crippen LogP contribution in [-0.2, 0) is 4.84 Å². The van der Waals surface area contributed by atoms with Crippen LogP contribution in [0.4, 0.5) is 0 Å². The molecule has 0 aliphatic carbocycles. The Kier molecular flexibility index (Phi) is 3.80. The minimum atomic E-state index is -0.0282. The molecular formula is C8H10N2O2. The second-order valence-corrected chi connectivity index (χ2v) is 2.05. The van der Waals surface area contributed by atoms with Crippen LogP contribution >= 0.6 is 0 Å². The van der Waals surface area contributed by atoms with Gasteiger partial charge in [0, 0.05) is 6.20 Å². The Balaban J connectivity index is 2.36. The van der Waals surface area contributed by atoms with Crippen molar-refractivity contribution in [2.45, 2.75) is 0 Å². The lowest BCUT2D eigenvalue weighted by Crippen LogP contribution is -1.94. The van der Waals surface area contributed by atoms with E-state index in [2.05, 4.69) is 15.0 Å². The third-order valence-electron chi connectivity index (χ3n) is 1.13. The Morgan fingerprint density at radius 1 is 1.58 bits per heavy atom. The minimum absolute atomic E-state index is 0.0282. The molecule has 12 heavy (non-hydrogen) atoms. The summed E-state index contributed by atoms with van der Waals surface area (Å²) in [6, 6.07) is 5.50. The van der Waals surface area contributed by atoms with Crippen LogP contribution in [0.15, 0.2) is 29.6 Å². The fourth-order valence-electron chi connectivity index (χ4n) is 0.637. The molecule has 0 radical (unpaired) electrons. The van der Waals surface area contributed by atoms with E-state index in [1.807, 2.05) is 18.2 Å². The van der Waals surface area contributed by atoms with E-state index in [4.69, 9.17) is 5.11 Å². The van der Waals surface area contributed by atoms with Gasteiger partial charge in [0.2, 0.25) is 0 Å². The highest BCUT2D eigenvalue weighted by Crippen LogP contribution is 1.88. The number of hydrogen-bond donors (Lipinski definition) is 1.